The third kappa shape index (κ3) is 2.89. The van der Waals surface area contributed by atoms with Gasteiger partial charge in [-0.05, 0) is 38.9 Å². The molecule has 3 nitrogen and oxygen atoms in total. The monoisotopic (exact) mass is 217 g/mol. The zero-order chi connectivity index (χ0) is 10.6. The first-order valence-corrected chi connectivity index (χ1v) is 5.69. The Morgan fingerprint density at radius 1 is 1.57 bits per heavy atom. The Kier molecular flexibility index (Phi) is 4.75. The van der Waals surface area contributed by atoms with Crippen LogP contribution < -0.4 is 0 Å². The van der Waals surface area contributed by atoms with Crippen molar-refractivity contribution in [2.24, 2.45) is 11.8 Å². The summed E-state index contributed by atoms with van der Waals surface area (Å²) in [5.74, 6) is 0.934. The minimum absolute atomic E-state index is 0.0166. The van der Waals surface area contributed by atoms with E-state index in [9.17, 15) is 4.79 Å². The quantitative estimate of drug-likeness (QED) is 0.566. The number of hydrogen-bond donors (Lipinski definition) is 1. The van der Waals surface area contributed by atoms with Gasteiger partial charge in [-0.3, -0.25) is 4.79 Å². The molecule has 1 saturated heterocycles. The molecule has 1 aliphatic rings. The highest BCUT2D eigenvalue weighted by atomic mass is 32.1. The first-order chi connectivity index (χ1) is 6.69. The van der Waals surface area contributed by atoms with Crippen LogP contribution >= 0.6 is 12.6 Å². The molecule has 1 unspecified atom stereocenters. The molecule has 0 aliphatic carbocycles. The Morgan fingerprint density at radius 3 is 2.57 bits per heavy atom. The van der Waals surface area contributed by atoms with Crippen LogP contribution in [0.25, 0.3) is 0 Å². The van der Waals surface area contributed by atoms with E-state index in [4.69, 9.17) is 4.74 Å². The first kappa shape index (κ1) is 11.9. The van der Waals surface area contributed by atoms with Gasteiger partial charge in [-0.1, -0.05) is 0 Å². The van der Waals surface area contributed by atoms with Gasteiger partial charge >= 0.3 is 5.97 Å². The number of piperidine rings is 1. The number of esters is 1. The third-order valence-corrected chi connectivity index (χ3v) is 3.43. The number of thiol groups is 1. The van der Waals surface area contributed by atoms with E-state index in [1.807, 2.05) is 0 Å². The van der Waals surface area contributed by atoms with Crippen LogP contribution in [0.1, 0.15) is 12.8 Å². The Bertz CT molecular complexity index is 191. The largest absolute Gasteiger partial charge is 0.469 e. The van der Waals surface area contributed by atoms with Crippen molar-refractivity contribution in [2.45, 2.75) is 12.8 Å². The molecule has 0 aromatic rings. The Hall–Kier alpha value is -0.220. The second-order valence-corrected chi connectivity index (χ2v) is 4.32. The first-order valence-electron chi connectivity index (χ1n) is 5.06. The predicted octanol–water partition coefficient (Wildman–Crippen LogP) is 1.05. The molecular weight excluding hydrogens is 198 g/mol. The minimum atomic E-state index is -0.102. The standard InChI is InChI=1S/C10H19NO2S/c1-11-5-3-8(4-6-11)9(7-14)10(12)13-2/h8-9,14H,3-7H2,1-2H3. The number of carbonyl (C=O) groups excluding carboxylic acids is 1. The van der Waals surface area contributed by atoms with Gasteiger partial charge in [-0.2, -0.15) is 12.6 Å². The fraction of sp³-hybridized carbons (Fsp3) is 0.900. The molecule has 1 rings (SSSR count). The van der Waals surface area contributed by atoms with E-state index in [0.717, 1.165) is 25.9 Å². The van der Waals surface area contributed by atoms with E-state index in [-0.39, 0.29) is 11.9 Å². The third-order valence-electron chi connectivity index (χ3n) is 3.03. The van der Waals surface area contributed by atoms with Gasteiger partial charge in [0.2, 0.25) is 0 Å². The van der Waals surface area contributed by atoms with Crippen LogP contribution in [0.2, 0.25) is 0 Å². The number of hydrogen-bond acceptors (Lipinski definition) is 4. The predicted molar refractivity (Wildman–Crippen MR) is 59.6 cm³/mol. The highest BCUT2D eigenvalue weighted by Gasteiger charge is 2.30. The molecular formula is C10H19NO2S. The Balaban J connectivity index is 2.48. The summed E-state index contributed by atoms with van der Waals surface area (Å²) in [6.07, 6.45) is 2.16. The van der Waals surface area contributed by atoms with Crippen molar-refractivity contribution >= 4 is 18.6 Å². The molecule has 0 radical (unpaired) electrons. The van der Waals surface area contributed by atoms with Gasteiger partial charge in [0.1, 0.15) is 0 Å². The highest BCUT2D eigenvalue weighted by Crippen LogP contribution is 2.26. The zero-order valence-corrected chi connectivity index (χ0v) is 9.80. The summed E-state index contributed by atoms with van der Waals surface area (Å²) in [6.45, 7) is 2.15. The van der Waals surface area contributed by atoms with Crippen LogP contribution in [0, 0.1) is 11.8 Å². The molecule has 0 bridgehead atoms. The summed E-state index contributed by atoms with van der Waals surface area (Å²) < 4.78 is 4.78. The van der Waals surface area contributed by atoms with Crippen molar-refractivity contribution in [1.82, 2.24) is 4.90 Å². The number of likely N-dealkylation sites (tertiary alicyclic amines) is 1. The Labute approximate surface area is 91.2 Å². The van der Waals surface area contributed by atoms with E-state index < -0.39 is 0 Å². The smallest absolute Gasteiger partial charge is 0.309 e. The van der Waals surface area contributed by atoms with Gasteiger partial charge in [0.25, 0.3) is 0 Å². The number of carbonyl (C=O) groups is 1. The second kappa shape index (κ2) is 5.61. The molecule has 0 saturated carbocycles. The van der Waals surface area contributed by atoms with E-state index >= 15 is 0 Å². The molecule has 0 amide bonds. The normalized spacial score (nSPS) is 21.9. The summed E-state index contributed by atoms with van der Waals surface area (Å²) in [4.78, 5) is 13.7. The molecule has 0 aromatic heterocycles. The molecule has 14 heavy (non-hydrogen) atoms. The highest BCUT2D eigenvalue weighted by molar-refractivity contribution is 7.80. The SMILES string of the molecule is COC(=O)C(CS)C1CCN(C)CC1. The Morgan fingerprint density at radius 2 is 2.14 bits per heavy atom. The van der Waals surface area contributed by atoms with Gasteiger partial charge in [-0.15, -0.1) is 0 Å². The van der Waals surface area contributed by atoms with Crippen molar-refractivity contribution in [3.05, 3.63) is 0 Å². The van der Waals surface area contributed by atoms with Crippen molar-refractivity contribution in [1.29, 1.82) is 0 Å². The van der Waals surface area contributed by atoms with Gasteiger partial charge in [0.05, 0.1) is 13.0 Å². The topological polar surface area (TPSA) is 29.5 Å². The van der Waals surface area contributed by atoms with Gasteiger partial charge in [0.15, 0.2) is 0 Å². The average Bonchev–Trinajstić information content (AvgIpc) is 2.21. The maximum absolute atomic E-state index is 11.4. The maximum atomic E-state index is 11.4. The molecule has 0 aromatic carbocycles. The van der Waals surface area contributed by atoms with Crippen LogP contribution in [-0.2, 0) is 9.53 Å². The lowest BCUT2D eigenvalue weighted by Gasteiger charge is -2.32. The van der Waals surface area contributed by atoms with E-state index in [1.54, 1.807) is 0 Å². The van der Waals surface area contributed by atoms with Crippen molar-refractivity contribution < 1.29 is 9.53 Å². The molecule has 1 heterocycles. The lowest BCUT2D eigenvalue weighted by molar-refractivity contribution is -0.147. The summed E-state index contributed by atoms with van der Waals surface area (Å²) in [7, 11) is 3.57. The van der Waals surface area contributed by atoms with Crippen LogP contribution in [0.5, 0.6) is 0 Å². The number of ether oxygens (including phenoxy) is 1. The van der Waals surface area contributed by atoms with E-state index in [1.165, 1.54) is 7.11 Å². The molecule has 1 fully saturated rings. The summed E-state index contributed by atoms with van der Waals surface area (Å²) in [5.41, 5.74) is 0. The number of rotatable bonds is 3. The van der Waals surface area contributed by atoms with E-state index in [2.05, 4.69) is 24.6 Å². The zero-order valence-electron chi connectivity index (χ0n) is 8.90. The number of methoxy groups -OCH3 is 1. The summed E-state index contributed by atoms with van der Waals surface area (Å²) in [5, 5.41) is 0. The lowest BCUT2D eigenvalue weighted by Crippen LogP contribution is -2.37. The fourth-order valence-corrected chi connectivity index (χ4v) is 2.45. The van der Waals surface area contributed by atoms with Gasteiger partial charge < -0.3 is 9.64 Å². The number of nitrogens with zero attached hydrogens (tertiary/aromatic N) is 1. The summed E-state index contributed by atoms with van der Waals surface area (Å²) >= 11 is 4.23. The van der Waals surface area contributed by atoms with Crippen molar-refractivity contribution in [3.63, 3.8) is 0 Å². The van der Waals surface area contributed by atoms with Crippen LogP contribution in [0.15, 0.2) is 0 Å². The van der Waals surface area contributed by atoms with Gasteiger partial charge in [-0.25, -0.2) is 0 Å². The van der Waals surface area contributed by atoms with Crippen LogP contribution in [-0.4, -0.2) is 43.9 Å². The molecule has 82 valence electrons. The lowest BCUT2D eigenvalue weighted by atomic mass is 9.85. The second-order valence-electron chi connectivity index (χ2n) is 3.95. The minimum Gasteiger partial charge on any atom is -0.469 e. The molecule has 0 N–H and O–H groups in total. The van der Waals surface area contributed by atoms with Crippen molar-refractivity contribution in [2.75, 3.05) is 33.0 Å². The molecule has 4 heteroatoms. The fourth-order valence-electron chi connectivity index (χ4n) is 2.00. The summed E-state index contributed by atoms with van der Waals surface area (Å²) in [6, 6.07) is 0. The van der Waals surface area contributed by atoms with E-state index in [0.29, 0.717) is 11.7 Å². The van der Waals surface area contributed by atoms with Crippen LogP contribution in [0.4, 0.5) is 0 Å². The molecule has 0 spiro atoms. The molecule has 1 atom stereocenters. The molecule has 1 aliphatic heterocycles. The average molecular weight is 217 g/mol. The maximum Gasteiger partial charge on any atom is 0.309 e. The van der Waals surface area contributed by atoms with Crippen molar-refractivity contribution in [3.8, 4) is 0 Å². The van der Waals surface area contributed by atoms with Crippen LogP contribution in [0.3, 0.4) is 0 Å². The van der Waals surface area contributed by atoms with Gasteiger partial charge in [0, 0.05) is 5.75 Å².